The normalized spacial score (nSPS) is 15.7. The fraction of sp³-hybridized carbons (Fsp3) is 0.394. The van der Waals surface area contributed by atoms with E-state index in [1.54, 1.807) is 17.0 Å². The van der Waals surface area contributed by atoms with E-state index in [0.717, 1.165) is 42.4 Å². The van der Waals surface area contributed by atoms with Crippen molar-refractivity contribution < 1.29 is 23.5 Å². The number of hydrogen-bond donors (Lipinski definition) is 1. The highest BCUT2D eigenvalue weighted by Crippen LogP contribution is 2.31. The first-order valence-electron chi connectivity index (χ1n) is 14.3. The topological polar surface area (TPSA) is 67.9 Å². The maximum atomic E-state index is 13.9. The zero-order valence-electron chi connectivity index (χ0n) is 22.8. The van der Waals surface area contributed by atoms with Crippen LogP contribution >= 0.6 is 0 Å². The Morgan fingerprint density at radius 2 is 1.55 bits per heavy atom. The summed E-state index contributed by atoms with van der Waals surface area (Å²) < 4.78 is 25.0. The second-order valence-corrected chi connectivity index (χ2v) is 10.7. The molecule has 0 bridgehead atoms. The maximum absolute atomic E-state index is 13.9. The van der Waals surface area contributed by atoms with Crippen LogP contribution in [-0.4, -0.2) is 42.0 Å². The Bertz CT molecular complexity index is 1280. The van der Waals surface area contributed by atoms with E-state index in [2.05, 4.69) is 5.32 Å². The third kappa shape index (κ3) is 7.40. The molecule has 1 aliphatic carbocycles. The van der Waals surface area contributed by atoms with Crippen molar-refractivity contribution in [1.29, 1.82) is 0 Å². The zero-order chi connectivity index (χ0) is 27.7. The number of hydrogen-bond acceptors (Lipinski definition) is 4. The molecule has 1 N–H and O–H groups in total. The molecule has 6 nitrogen and oxygen atoms in total. The number of nitrogens with zero attached hydrogens (tertiary/aromatic N) is 1. The third-order valence-electron chi connectivity index (χ3n) is 7.72. The summed E-state index contributed by atoms with van der Waals surface area (Å²) in [6, 6.07) is 21.1. The van der Waals surface area contributed by atoms with Crippen molar-refractivity contribution in [3.05, 3.63) is 95.3 Å². The Balaban J connectivity index is 1.39. The van der Waals surface area contributed by atoms with Gasteiger partial charge in [-0.3, -0.25) is 9.59 Å². The highest BCUT2D eigenvalue weighted by Gasteiger charge is 2.32. The lowest BCUT2D eigenvalue weighted by molar-refractivity contribution is -0.141. The second-order valence-electron chi connectivity index (χ2n) is 10.7. The summed E-state index contributed by atoms with van der Waals surface area (Å²) in [6.45, 7) is 1.24. The van der Waals surface area contributed by atoms with E-state index in [4.69, 9.17) is 9.47 Å². The van der Waals surface area contributed by atoms with Crippen molar-refractivity contribution in [2.75, 3.05) is 13.2 Å². The van der Waals surface area contributed by atoms with Gasteiger partial charge in [0.05, 0.1) is 0 Å². The third-order valence-corrected chi connectivity index (χ3v) is 7.72. The van der Waals surface area contributed by atoms with Gasteiger partial charge >= 0.3 is 0 Å². The summed E-state index contributed by atoms with van der Waals surface area (Å²) in [5, 5.41) is 3.25. The fourth-order valence-corrected chi connectivity index (χ4v) is 5.52. The molecule has 0 saturated heterocycles. The van der Waals surface area contributed by atoms with Crippen molar-refractivity contribution >= 4 is 11.8 Å². The average Bonchev–Trinajstić information content (AvgIpc) is 2.99. The quantitative estimate of drug-likeness (QED) is 0.360. The van der Waals surface area contributed by atoms with Gasteiger partial charge in [-0.2, -0.15) is 0 Å². The minimum absolute atomic E-state index is 0.125. The van der Waals surface area contributed by atoms with Gasteiger partial charge in [0.1, 0.15) is 25.1 Å². The number of halogens is 1. The van der Waals surface area contributed by atoms with Crippen LogP contribution in [0, 0.1) is 5.82 Å². The molecule has 0 spiro atoms. The summed E-state index contributed by atoms with van der Waals surface area (Å²) in [7, 11) is 0. The van der Waals surface area contributed by atoms with Crippen LogP contribution < -0.4 is 14.8 Å². The Morgan fingerprint density at radius 1 is 0.850 bits per heavy atom. The van der Waals surface area contributed by atoms with Crippen LogP contribution in [0.2, 0.25) is 0 Å². The van der Waals surface area contributed by atoms with Crippen LogP contribution in [0.5, 0.6) is 11.5 Å². The van der Waals surface area contributed by atoms with Crippen LogP contribution in [0.15, 0.2) is 72.8 Å². The molecule has 1 heterocycles. The molecule has 1 aliphatic heterocycles. The van der Waals surface area contributed by atoms with Crippen LogP contribution in [0.3, 0.4) is 0 Å². The number of carbonyl (C=O) groups is 2. The van der Waals surface area contributed by atoms with E-state index < -0.39 is 6.04 Å². The van der Waals surface area contributed by atoms with Crippen LogP contribution in [-0.2, 0) is 29.0 Å². The van der Waals surface area contributed by atoms with E-state index in [9.17, 15) is 14.0 Å². The number of aryl methyl sites for hydroxylation is 1. The lowest BCUT2D eigenvalue weighted by atomic mass is 9.94. The maximum Gasteiger partial charge on any atom is 0.243 e. The minimum Gasteiger partial charge on any atom is -0.486 e. The molecule has 210 valence electrons. The lowest BCUT2D eigenvalue weighted by Crippen LogP contribution is -2.52. The Hall–Kier alpha value is -3.87. The molecule has 1 saturated carbocycles. The van der Waals surface area contributed by atoms with Crippen molar-refractivity contribution in [2.24, 2.45) is 0 Å². The number of benzene rings is 3. The summed E-state index contributed by atoms with van der Waals surface area (Å²) in [5.74, 6) is 0.801. The molecule has 7 heteroatoms. The van der Waals surface area contributed by atoms with Gasteiger partial charge < -0.3 is 19.7 Å². The largest absolute Gasteiger partial charge is 0.486 e. The van der Waals surface area contributed by atoms with Gasteiger partial charge in [-0.25, -0.2) is 4.39 Å². The highest BCUT2D eigenvalue weighted by molar-refractivity contribution is 5.88. The van der Waals surface area contributed by atoms with E-state index in [1.165, 1.54) is 18.6 Å². The smallest absolute Gasteiger partial charge is 0.243 e. The van der Waals surface area contributed by atoms with Gasteiger partial charge in [-0.05, 0) is 60.2 Å². The van der Waals surface area contributed by atoms with E-state index in [0.29, 0.717) is 37.6 Å². The van der Waals surface area contributed by atoms with Crippen LogP contribution in [0.25, 0.3) is 0 Å². The molecular formula is C33H37FN2O4. The molecule has 0 aromatic heterocycles. The van der Waals surface area contributed by atoms with Crippen molar-refractivity contribution in [3.63, 3.8) is 0 Å². The first kappa shape index (κ1) is 27.7. The first-order valence-corrected chi connectivity index (χ1v) is 14.3. The van der Waals surface area contributed by atoms with Gasteiger partial charge in [-0.15, -0.1) is 0 Å². The Morgan fingerprint density at radius 3 is 2.30 bits per heavy atom. The molecule has 5 rings (SSSR count). The number of ether oxygens (including phenoxy) is 2. The first-order chi connectivity index (χ1) is 19.5. The summed E-state index contributed by atoms with van der Waals surface area (Å²) in [4.78, 5) is 29.4. The standard InChI is InChI=1S/C33H37FN2O4/c34-27-15-11-26(12-16-27)23-36(32(37)18-14-25-13-17-30-31(22-25)40-20-19-39-30)29(21-24-7-3-1-4-8-24)33(38)35-28-9-5-2-6-10-28/h1,3-4,7-8,11-13,15-17,22,28-29H,2,5-6,9-10,14,18-21,23H2,(H,35,38)/t29-/m0/s1. The molecule has 0 unspecified atom stereocenters. The molecule has 1 fully saturated rings. The van der Waals surface area contributed by atoms with E-state index in [1.807, 2.05) is 48.5 Å². The molecule has 1 atom stereocenters. The molecule has 2 aliphatic rings. The van der Waals surface area contributed by atoms with E-state index >= 15 is 0 Å². The number of amides is 2. The predicted molar refractivity (Wildman–Crippen MR) is 152 cm³/mol. The molecule has 3 aromatic carbocycles. The summed E-state index contributed by atoms with van der Waals surface area (Å²) in [5.41, 5.74) is 2.72. The number of fused-ring (bicyclic) bond motifs is 1. The number of rotatable bonds is 10. The predicted octanol–water partition coefficient (Wildman–Crippen LogP) is 5.62. The highest BCUT2D eigenvalue weighted by atomic mass is 19.1. The molecule has 3 aromatic rings. The Kier molecular flexibility index (Phi) is 9.32. The average molecular weight is 545 g/mol. The van der Waals surface area contributed by atoms with Crippen molar-refractivity contribution in [1.82, 2.24) is 10.2 Å². The molecule has 0 radical (unpaired) electrons. The number of carbonyl (C=O) groups excluding carboxylic acids is 2. The van der Waals surface area contributed by atoms with Crippen molar-refractivity contribution in [3.8, 4) is 11.5 Å². The SMILES string of the molecule is O=C(NC1CCCCC1)[C@H](Cc1ccccc1)N(Cc1ccc(F)cc1)C(=O)CCc1ccc2c(c1)OCCO2. The van der Waals surface area contributed by atoms with Gasteiger partial charge in [-0.1, -0.05) is 67.8 Å². The molecule has 2 amide bonds. The van der Waals surface area contributed by atoms with Gasteiger partial charge in [0.2, 0.25) is 11.8 Å². The van der Waals surface area contributed by atoms with Gasteiger partial charge in [0.25, 0.3) is 0 Å². The Labute approximate surface area is 235 Å². The van der Waals surface area contributed by atoms with Gasteiger partial charge in [0.15, 0.2) is 11.5 Å². The monoisotopic (exact) mass is 544 g/mol. The zero-order valence-corrected chi connectivity index (χ0v) is 22.8. The van der Waals surface area contributed by atoms with Crippen molar-refractivity contribution in [2.45, 2.75) is 70.0 Å². The molecular weight excluding hydrogens is 507 g/mol. The lowest BCUT2D eigenvalue weighted by Gasteiger charge is -2.33. The van der Waals surface area contributed by atoms with Crippen LogP contribution in [0.1, 0.15) is 55.2 Å². The van der Waals surface area contributed by atoms with E-state index in [-0.39, 0.29) is 36.6 Å². The summed E-state index contributed by atoms with van der Waals surface area (Å²) >= 11 is 0. The minimum atomic E-state index is -0.692. The number of nitrogens with one attached hydrogen (secondary N) is 1. The fourth-order valence-electron chi connectivity index (χ4n) is 5.52. The van der Waals surface area contributed by atoms with Crippen LogP contribution in [0.4, 0.5) is 4.39 Å². The second kappa shape index (κ2) is 13.5. The molecule has 40 heavy (non-hydrogen) atoms. The summed E-state index contributed by atoms with van der Waals surface area (Å²) in [6.07, 6.45) is 6.43. The van der Waals surface area contributed by atoms with Gasteiger partial charge in [0, 0.05) is 25.4 Å².